The number of rotatable bonds is 4. The molecule has 0 spiro atoms. The van der Waals surface area contributed by atoms with Gasteiger partial charge in [-0.1, -0.05) is 134 Å². The van der Waals surface area contributed by atoms with E-state index in [1.54, 1.807) is 0 Å². The predicted molar refractivity (Wildman–Crippen MR) is 204 cm³/mol. The van der Waals surface area contributed by atoms with Gasteiger partial charge in [-0.3, -0.25) is 0 Å². The van der Waals surface area contributed by atoms with Gasteiger partial charge in [-0.25, -0.2) is 0 Å². The van der Waals surface area contributed by atoms with E-state index >= 15 is 0 Å². The highest BCUT2D eigenvalue weighted by atomic mass is 15.2. The first-order chi connectivity index (χ1) is 22.6. The monoisotopic (exact) mass is 624 g/mol. The normalized spacial score (nSPS) is 16.4. The largest absolute Gasteiger partial charge is 0.310 e. The van der Waals surface area contributed by atoms with E-state index in [0.717, 1.165) is 11.4 Å². The van der Waals surface area contributed by atoms with Crippen molar-refractivity contribution < 1.29 is 0 Å². The van der Waals surface area contributed by atoms with Gasteiger partial charge < -0.3 is 9.80 Å². The summed E-state index contributed by atoms with van der Waals surface area (Å²) in [4.78, 5) is 5.09. The minimum atomic E-state index is -0.250. The molecule has 3 aliphatic heterocycles. The maximum Gasteiger partial charge on any atom is 0.0545 e. The predicted octanol–water partition coefficient (Wildman–Crippen LogP) is 12.8. The van der Waals surface area contributed by atoms with Gasteiger partial charge >= 0.3 is 0 Å². The highest BCUT2D eigenvalue weighted by Gasteiger charge is 2.52. The number of para-hydroxylation sites is 3. The molecule has 3 heterocycles. The van der Waals surface area contributed by atoms with E-state index in [-0.39, 0.29) is 23.7 Å². The van der Waals surface area contributed by atoms with Crippen molar-refractivity contribution in [2.75, 3.05) is 9.80 Å². The fourth-order valence-electron chi connectivity index (χ4n) is 8.73. The van der Waals surface area contributed by atoms with Crippen LogP contribution in [-0.2, 0) is 16.2 Å². The Morgan fingerprint density at radius 3 is 1.21 bits per heavy atom. The summed E-state index contributed by atoms with van der Waals surface area (Å²) in [5.41, 5.74) is 17.9. The zero-order chi connectivity index (χ0) is 32.3. The molecule has 0 fully saturated rings. The molecule has 238 valence electrons. The van der Waals surface area contributed by atoms with Crippen LogP contribution in [0.4, 0.5) is 34.1 Å². The second-order valence-corrected chi connectivity index (χ2v) is 15.1. The van der Waals surface area contributed by atoms with Gasteiger partial charge in [0.2, 0.25) is 0 Å². The molecule has 0 bridgehead atoms. The van der Waals surface area contributed by atoms with E-state index in [4.69, 9.17) is 0 Å². The summed E-state index contributed by atoms with van der Waals surface area (Å²) in [5.74, 6) is 0. The van der Waals surface area contributed by atoms with Crippen molar-refractivity contribution in [3.63, 3.8) is 0 Å². The average Bonchev–Trinajstić information content (AvgIpc) is 3.08. The Hall–Kier alpha value is -5.08. The first kappa shape index (κ1) is 30.3. The van der Waals surface area contributed by atoms with Crippen LogP contribution >= 0.6 is 0 Å². The lowest BCUT2D eigenvalue weighted by atomic mass is 9.60. The van der Waals surface area contributed by atoms with Crippen LogP contribution in [0.25, 0.3) is 11.1 Å². The molecule has 0 saturated carbocycles. The van der Waals surface area contributed by atoms with Crippen molar-refractivity contribution in [2.24, 2.45) is 0 Å². The molecule has 6 aromatic carbocycles. The summed E-state index contributed by atoms with van der Waals surface area (Å²) >= 11 is 0. The smallest absolute Gasteiger partial charge is 0.0545 e. The standard InChI is InChI=1S/C45H40N2.CH4/c1-43(2)34-23-16-24-35-40(34)47-41-36(43)25-30(29-17-10-7-11-18-29)26-37(41)45(5,6)39-28-33(27-38(42(39)47)44(35,3)4)46(31-19-12-8-13-20-31)32-21-14-9-15-22-32;/h7-28H,1-6H3;1H4. The van der Waals surface area contributed by atoms with E-state index in [1.165, 1.54) is 67.3 Å². The third kappa shape index (κ3) is 3.92. The molecule has 6 aromatic rings. The van der Waals surface area contributed by atoms with Crippen molar-refractivity contribution in [3.8, 4) is 11.1 Å². The molecule has 3 aliphatic rings. The van der Waals surface area contributed by atoms with Gasteiger partial charge in [0.15, 0.2) is 0 Å². The number of anilines is 6. The van der Waals surface area contributed by atoms with Crippen molar-refractivity contribution in [1.29, 1.82) is 0 Å². The summed E-state index contributed by atoms with van der Waals surface area (Å²) in [6.45, 7) is 14.6. The number of benzene rings is 6. The van der Waals surface area contributed by atoms with Crippen LogP contribution in [0.2, 0.25) is 0 Å². The lowest BCUT2D eigenvalue weighted by molar-refractivity contribution is 0.567. The van der Waals surface area contributed by atoms with Gasteiger partial charge in [0, 0.05) is 33.3 Å². The average molecular weight is 625 g/mol. The molecular formula is C46H44N2. The van der Waals surface area contributed by atoms with Gasteiger partial charge in [0.1, 0.15) is 0 Å². The summed E-state index contributed by atoms with van der Waals surface area (Å²) in [6, 6.07) is 49.5. The van der Waals surface area contributed by atoms with E-state index in [9.17, 15) is 0 Å². The number of hydrogen-bond acceptors (Lipinski definition) is 2. The second kappa shape index (κ2) is 10.2. The van der Waals surface area contributed by atoms with Crippen LogP contribution in [0.3, 0.4) is 0 Å². The van der Waals surface area contributed by atoms with E-state index in [2.05, 4.69) is 185 Å². The minimum absolute atomic E-state index is 0. The quantitative estimate of drug-likeness (QED) is 0.193. The van der Waals surface area contributed by atoms with Gasteiger partial charge in [0.05, 0.1) is 17.1 Å². The van der Waals surface area contributed by atoms with E-state index < -0.39 is 0 Å². The van der Waals surface area contributed by atoms with Crippen LogP contribution in [0, 0.1) is 0 Å². The van der Waals surface area contributed by atoms with Crippen molar-refractivity contribution >= 4 is 34.1 Å². The fraction of sp³-hybridized carbons (Fsp3) is 0.217. The minimum Gasteiger partial charge on any atom is -0.310 e. The summed E-state index contributed by atoms with van der Waals surface area (Å²) in [7, 11) is 0. The Morgan fingerprint density at radius 1 is 0.375 bits per heavy atom. The molecule has 0 aromatic heterocycles. The molecule has 48 heavy (non-hydrogen) atoms. The lowest BCUT2D eigenvalue weighted by Gasteiger charge is -2.55. The van der Waals surface area contributed by atoms with Gasteiger partial charge in [-0.05, 0) is 93.0 Å². The molecule has 0 saturated heterocycles. The summed E-state index contributed by atoms with van der Waals surface area (Å²) in [5, 5.41) is 0. The molecule has 0 aliphatic carbocycles. The van der Waals surface area contributed by atoms with E-state index in [1.807, 2.05) is 0 Å². The van der Waals surface area contributed by atoms with Crippen LogP contribution in [0.15, 0.2) is 133 Å². The zero-order valence-electron chi connectivity index (χ0n) is 28.1. The zero-order valence-corrected chi connectivity index (χ0v) is 28.1. The molecule has 0 atom stereocenters. The molecule has 2 heteroatoms. The Balaban J connectivity index is 0.00000336. The van der Waals surface area contributed by atoms with Crippen molar-refractivity contribution in [1.82, 2.24) is 0 Å². The Bertz CT molecular complexity index is 2170. The lowest BCUT2D eigenvalue weighted by Crippen LogP contribution is -2.43. The number of hydrogen-bond donors (Lipinski definition) is 0. The Labute approximate surface area is 286 Å². The van der Waals surface area contributed by atoms with Crippen LogP contribution in [0.1, 0.15) is 82.3 Å². The first-order valence-electron chi connectivity index (χ1n) is 16.9. The van der Waals surface area contributed by atoms with Gasteiger partial charge in [0.25, 0.3) is 0 Å². The molecule has 9 rings (SSSR count). The van der Waals surface area contributed by atoms with Gasteiger partial charge in [-0.2, -0.15) is 0 Å². The number of nitrogens with zero attached hydrogens (tertiary/aromatic N) is 2. The van der Waals surface area contributed by atoms with Crippen LogP contribution in [0.5, 0.6) is 0 Å². The molecule has 0 unspecified atom stereocenters. The topological polar surface area (TPSA) is 6.48 Å². The van der Waals surface area contributed by atoms with E-state index in [0.29, 0.717) is 0 Å². The van der Waals surface area contributed by atoms with Gasteiger partial charge in [-0.15, -0.1) is 0 Å². The summed E-state index contributed by atoms with van der Waals surface area (Å²) < 4.78 is 0. The SMILES string of the molecule is C.CC1(C)c2cccc3c2N2c4c1cc(-c1ccccc1)cc4C(C)(C)c1cc(N(c4ccccc4)c4ccccc4)cc(c12)C3(C)C. The maximum atomic E-state index is 2.66. The van der Waals surface area contributed by atoms with Crippen LogP contribution < -0.4 is 9.80 Å². The third-order valence-corrected chi connectivity index (χ3v) is 11.3. The van der Waals surface area contributed by atoms with Crippen LogP contribution in [-0.4, -0.2) is 0 Å². The second-order valence-electron chi connectivity index (χ2n) is 15.1. The first-order valence-corrected chi connectivity index (χ1v) is 16.9. The van der Waals surface area contributed by atoms with Crippen molar-refractivity contribution in [2.45, 2.75) is 65.2 Å². The molecule has 2 nitrogen and oxygen atoms in total. The molecular weight excluding hydrogens is 581 g/mol. The fourth-order valence-corrected chi connectivity index (χ4v) is 8.73. The third-order valence-electron chi connectivity index (χ3n) is 11.3. The summed E-state index contributed by atoms with van der Waals surface area (Å²) in [6.07, 6.45) is 0. The Morgan fingerprint density at radius 2 is 0.750 bits per heavy atom. The van der Waals surface area contributed by atoms with Crippen molar-refractivity contribution in [3.05, 3.63) is 167 Å². The Kier molecular flexibility index (Phi) is 6.44. The molecule has 0 N–H and O–H groups in total. The molecule has 0 amide bonds. The highest BCUT2D eigenvalue weighted by molar-refractivity contribution is 6.00. The maximum absolute atomic E-state index is 2.66. The molecule has 0 radical (unpaired) electrons. The highest BCUT2D eigenvalue weighted by Crippen LogP contribution is 2.67.